The Morgan fingerprint density at radius 2 is 1.44 bits per heavy atom. The van der Waals surface area contributed by atoms with Gasteiger partial charge in [0.05, 0.1) is 6.42 Å². The third-order valence-corrected chi connectivity index (χ3v) is 3.38. The number of alkyl halides is 9. The van der Waals surface area contributed by atoms with E-state index in [2.05, 4.69) is 0 Å². The summed E-state index contributed by atoms with van der Waals surface area (Å²) in [5.74, 6) is -15.6. The molecule has 1 aromatic carbocycles. The van der Waals surface area contributed by atoms with Crippen LogP contribution in [-0.2, 0) is 6.42 Å². The maximum absolute atomic E-state index is 13.7. The van der Waals surface area contributed by atoms with Gasteiger partial charge in [-0.1, -0.05) is 48.2 Å². The standard InChI is InChI=1S/C17H13F9O/c18-14(19,15(20,21)16(22,23)17(24,25)26)11-13(7-4-10-27)9-8-12-5-2-1-3-6-12/h1-3,5-6,9,27H,8,10-11H2/b13-9-. The largest absolute Gasteiger partial charge is 0.460 e. The van der Waals surface area contributed by atoms with Crippen LogP contribution < -0.4 is 0 Å². The highest BCUT2D eigenvalue weighted by Gasteiger charge is 2.81. The zero-order valence-electron chi connectivity index (χ0n) is 13.4. The van der Waals surface area contributed by atoms with Gasteiger partial charge in [-0.25, -0.2) is 0 Å². The van der Waals surface area contributed by atoms with Crippen molar-refractivity contribution < 1.29 is 44.6 Å². The summed E-state index contributed by atoms with van der Waals surface area (Å²) < 4.78 is 116. The number of halogens is 9. The Morgan fingerprint density at radius 3 is 1.93 bits per heavy atom. The monoisotopic (exact) mass is 404 g/mol. The van der Waals surface area contributed by atoms with Gasteiger partial charge in [-0.15, -0.1) is 0 Å². The number of hydrogen-bond donors (Lipinski definition) is 1. The Hall–Kier alpha value is -2.15. The van der Waals surface area contributed by atoms with Gasteiger partial charge in [0.2, 0.25) is 0 Å². The maximum Gasteiger partial charge on any atom is 0.460 e. The van der Waals surface area contributed by atoms with Crippen molar-refractivity contribution in [3.05, 3.63) is 47.5 Å². The average molecular weight is 404 g/mol. The number of hydrogen-bond acceptors (Lipinski definition) is 1. The topological polar surface area (TPSA) is 20.2 Å². The summed E-state index contributed by atoms with van der Waals surface area (Å²) in [4.78, 5) is 0. The van der Waals surface area contributed by atoms with Crippen LogP contribution in [0.25, 0.3) is 0 Å². The zero-order valence-corrected chi connectivity index (χ0v) is 13.4. The van der Waals surface area contributed by atoms with Gasteiger partial charge < -0.3 is 5.11 Å². The summed E-state index contributed by atoms with van der Waals surface area (Å²) in [6, 6.07) is 7.87. The quantitative estimate of drug-likeness (QED) is 0.522. The van der Waals surface area contributed by atoms with E-state index in [9.17, 15) is 39.5 Å². The highest BCUT2D eigenvalue weighted by molar-refractivity contribution is 5.32. The summed E-state index contributed by atoms with van der Waals surface area (Å²) in [5.41, 5.74) is -0.285. The van der Waals surface area contributed by atoms with Crippen molar-refractivity contribution in [2.75, 3.05) is 6.61 Å². The molecule has 1 aromatic rings. The van der Waals surface area contributed by atoms with Gasteiger partial charge in [0.1, 0.15) is 6.61 Å². The number of allylic oxidation sites excluding steroid dienone is 2. The van der Waals surface area contributed by atoms with Crippen molar-refractivity contribution in [1.82, 2.24) is 0 Å². The van der Waals surface area contributed by atoms with E-state index in [0.717, 1.165) is 6.08 Å². The lowest BCUT2D eigenvalue weighted by molar-refractivity contribution is -0.395. The van der Waals surface area contributed by atoms with Crippen LogP contribution in [0, 0.1) is 11.8 Å². The second kappa shape index (κ2) is 8.25. The van der Waals surface area contributed by atoms with Crippen molar-refractivity contribution in [3.63, 3.8) is 0 Å². The van der Waals surface area contributed by atoms with Crippen molar-refractivity contribution in [2.24, 2.45) is 0 Å². The molecular weight excluding hydrogens is 391 g/mol. The summed E-state index contributed by atoms with van der Waals surface area (Å²) in [6.45, 7) is -0.858. The molecule has 0 amide bonds. The van der Waals surface area contributed by atoms with Gasteiger partial charge in [0.15, 0.2) is 0 Å². The average Bonchev–Trinajstić information content (AvgIpc) is 2.56. The van der Waals surface area contributed by atoms with Crippen LogP contribution in [0.5, 0.6) is 0 Å². The van der Waals surface area contributed by atoms with Crippen LogP contribution in [0.1, 0.15) is 12.0 Å². The number of aliphatic hydroxyl groups is 1. The number of aliphatic hydroxyl groups excluding tert-OH is 1. The minimum atomic E-state index is -6.95. The third-order valence-electron chi connectivity index (χ3n) is 3.38. The molecule has 0 aromatic heterocycles. The maximum atomic E-state index is 13.7. The van der Waals surface area contributed by atoms with Crippen LogP contribution in [0.3, 0.4) is 0 Å². The van der Waals surface area contributed by atoms with E-state index in [4.69, 9.17) is 5.11 Å². The smallest absolute Gasteiger partial charge is 0.384 e. The second-order valence-electron chi connectivity index (χ2n) is 5.41. The van der Waals surface area contributed by atoms with Gasteiger partial charge in [-0.05, 0) is 12.0 Å². The van der Waals surface area contributed by atoms with Crippen molar-refractivity contribution in [2.45, 2.75) is 36.8 Å². The molecule has 27 heavy (non-hydrogen) atoms. The lowest BCUT2D eigenvalue weighted by Crippen LogP contribution is -2.60. The molecule has 150 valence electrons. The van der Waals surface area contributed by atoms with E-state index in [-0.39, 0.29) is 6.42 Å². The van der Waals surface area contributed by atoms with Gasteiger partial charge in [0.25, 0.3) is 0 Å². The van der Waals surface area contributed by atoms with Gasteiger partial charge in [0, 0.05) is 5.57 Å². The van der Waals surface area contributed by atoms with Crippen molar-refractivity contribution >= 4 is 0 Å². The van der Waals surface area contributed by atoms with Crippen LogP contribution in [-0.4, -0.2) is 35.7 Å². The molecule has 10 heteroatoms. The molecule has 0 aliphatic heterocycles. The van der Waals surface area contributed by atoms with Crippen LogP contribution >= 0.6 is 0 Å². The molecular formula is C17H13F9O. The van der Waals surface area contributed by atoms with E-state index in [1.54, 1.807) is 18.2 Å². The molecule has 0 heterocycles. The first kappa shape index (κ1) is 22.9. The molecule has 0 unspecified atom stereocenters. The first-order valence-corrected chi connectivity index (χ1v) is 7.29. The van der Waals surface area contributed by atoms with Gasteiger partial charge in [-0.3, -0.25) is 0 Å². The Bertz CT molecular complexity index is 709. The molecule has 1 N–H and O–H groups in total. The summed E-state index contributed by atoms with van der Waals surface area (Å²) in [6.07, 6.45) is -8.25. The Balaban J connectivity index is 3.18. The lowest BCUT2D eigenvalue weighted by atomic mass is 9.96. The SMILES string of the molecule is OCC#C/C(=C/Cc1ccccc1)CC(F)(F)C(F)(F)C(F)(F)C(F)(F)F. The molecule has 0 atom stereocenters. The van der Waals surface area contributed by atoms with Crippen LogP contribution in [0.4, 0.5) is 39.5 Å². The van der Waals surface area contributed by atoms with E-state index in [1.165, 1.54) is 12.1 Å². The predicted molar refractivity (Wildman–Crippen MR) is 78.6 cm³/mol. The number of rotatable bonds is 6. The van der Waals surface area contributed by atoms with E-state index >= 15 is 0 Å². The molecule has 1 nitrogen and oxygen atoms in total. The van der Waals surface area contributed by atoms with Crippen molar-refractivity contribution in [1.29, 1.82) is 0 Å². The number of benzene rings is 1. The molecule has 1 rings (SSSR count). The first-order chi connectivity index (χ1) is 12.3. The highest BCUT2D eigenvalue weighted by atomic mass is 19.4. The van der Waals surface area contributed by atoms with Crippen LogP contribution in [0.15, 0.2) is 42.0 Å². The predicted octanol–water partition coefficient (Wildman–Crippen LogP) is 5.01. The summed E-state index contributed by atoms with van der Waals surface area (Å²) in [5, 5.41) is 8.59. The van der Waals surface area contributed by atoms with Gasteiger partial charge in [-0.2, -0.15) is 39.5 Å². The van der Waals surface area contributed by atoms with Crippen LogP contribution in [0.2, 0.25) is 0 Å². The first-order valence-electron chi connectivity index (χ1n) is 7.29. The molecule has 0 bridgehead atoms. The Kier molecular flexibility index (Phi) is 6.99. The molecule has 0 radical (unpaired) electrons. The van der Waals surface area contributed by atoms with E-state index in [0.29, 0.717) is 5.56 Å². The van der Waals surface area contributed by atoms with Gasteiger partial charge >= 0.3 is 23.9 Å². The molecule has 0 aliphatic carbocycles. The molecule has 0 aliphatic rings. The normalized spacial score (nSPS) is 13.9. The fourth-order valence-corrected chi connectivity index (χ4v) is 1.93. The minimum Gasteiger partial charge on any atom is -0.384 e. The fourth-order valence-electron chi connectivity index (χ4n) is 1.93. The highest BCUT2D eigenvalue weighted by Crippen LogP contribution is 2.54. The Morgan fingerprint density at radius 1 is 0.889 bits per heavy atom. The molecule has 0 saturated carbocycles. The van der Waals surface area contributed by atoms with Crippen molar-refractivity contribution in [3.8, 4) is 11.8 Å². The Labute approximate surface area is 148 Å². The van der Waals surface area contributed by atoms with E-state index in [1.807, 2.05) is 11.8 Å². The second-order valence-corrected chi connectivity index (χ2v) is 5.41. The minimum absolute atomic E-state index is 0.117. The fraction of sp³-hybridized carbons (Fsp3) is 0.412. The summed E-state index contributed by atoms with van der Waals surface area (Å²) >= 11 is 0. The van der Waals surface area contributed by atoms with E-state index < -0.39 is 42.5 Å². The third kappa shape index (κ3) is 5.19. The zero-order chi connectivity index (χ0) is 20.9. The summed E-state index contributed by atoms with van der Waals surface area (Å²) in [7, 11) is 0. The lowest BCUT2D eigenvalue weighted by Gasteiger charge is -2.33. The molecule has 0 spiro atoms. The molecule has 0 saturated heterocycles. The molecule has 0 fully saturated rings.